The van der Waals surface area contributed by atoms with Gasteiger partial charge in [0, 0.05) is 13.0 Å². The molecule has 0 aliphatic carbocycles. The first kappa shape index (κ1) is 19.5. The first-order chi connectivity index (χ1) is 9.04. The molecule has 2 N–H and O–H groups in total. The van der Waals surface area contributed by atoms with Crippen molar-refractivity contribution in [2.24, 2.45) is 0 Å². The Morgan fingerprint density at radius 2 is 1.89 bits per heavy atom. The number of H-pyrrole nitrogens is 1. The number of pyridine rings is 1. The van der Waals surface area contributed by atoms with E-state index in [1.807, 2.05) is 27.7 Å². The van der Waals surface area contributed by atoms with E-state index in [0.29, 0.717) is 0 Å². The number of methoxy groups -OCH3 is 1. The molecule has 0 fully saturated rings. The van der Waals surface area contributed by atoms with Gasteiger partial charge in [0.15, 0.2) is 11.4 Å². The Kier molecular flexibility index (Phi) is 11.5. The number of ether oxygens (including phenoxy) is 1. The maximum atomic E-state index is 12.8. The van der Waals surface area contributed by atoms with Crippen LogP contribution in [0.3, 0.4) is 0 Å². The van der Waals surface area contributed by atoms with E-state index in [-0.39, 0.29) is 23.9 Å². The second-order valence-electron chi connectivity index (χ2n) is 2.90. The summed E-state index contributed by atoms with van der Waals surface area (Å²) in [5.74, 6) is -1.03. The predicted molar refractivity (Wildman–Crippen MR) is 73.8 cm³/mol. The highest BCUT2D eigenvalue weighted by Crippen LogP contribution is 2.10. The van der Waals surface area contributed by atoms with Crippen LogP contribution in [0.25, 0.3) is 0 Å². The Hall–Kier alpha value is -1.85. The Morgan fingerprint density at radius 3 is 2.32 bits per heavy atom. The molecule has 0 bridgehead atoms. The van der Waals surface area contributed by atoms with Crippen LogP contribution in [-0.2, 0) is 11.3 Å². The van der Waals surface area contributed by atoms with Crippen molar-refractivity contribution in [2.45, 2.75) is 41.2 Å². The van der Waals surface area contributed by atoms with Crippen molar-refractivity contribution in [3.05, 3.63) is 27.8 Å². The summed E-state index contributed by atoms with van der Waals surface area (Å²) < 4.78 is 17.6. The average Bonchev–Trinajstić information content (AvgIpc) is 2.41. The van der Waals surface area contributed by atoms with Gasteiger partial charge in [-0.1, -0.05) is 27.7 Å². The van der Waals surface area contributed by atoms with E-state index >= 15 is 0 Å². The van der Waals surface area contributed by atoms with E-state index < -0.39 is 11.4 Å². The van der Waals surface area contributed by atoms with E-state index in [4.69, 9.17) is 4.74 Å². The van der Waals surface area contributed by atoms with Gasteiger partial charge in [-0.2, -0.15) is 4.39 Å². The molecule has 0 saturated heterocycles. The third-order valence-electron chi connectivity index (χ3n) is 1.78. The molecule has 5 nitrogen and oxygen atoms in total. The van der Waals surface area contributed by atoms with Crippen LogP contribution < -0.4 is 15.5 Å². The molecule has 0 atom stereocenters. The van der Waals surface area contributed by atoms with Crippen LogP contribution in [0.1, 0.15) is 40.2 Å². The normalized spacial score (nSPS) is 8.37. The minimum absolute atomic E-state index is 0.00806. The predicted octanol–water partition coefficient (Wildman–Crippen LogP) is 2.21. The SMILES string of the molecule is CC.CC.COc1[nH]c(F)cc(=O)c1CNC(C)=O. The third kappa shape index (κ3) is 7.23. The van der Waals surface area contributed by atoms with Gasteiger partial charge in [0.25, 0.3) is 0 Å². The first-order valence-corrected chi connectivity index (χ1v) is 6.24. The van der Waals surface area contributed by atoms with Crippen molar-refractivity contribution < 1.29 is 13.9 Å². The number of carbonyl (C=O) groups excluding carboxylic acids is 1. The zero-order chi connectivity index (χ0) is 15.4. The van der Waals surface area contributed by atoms with Gasteiger partial charge in [0.05, 0.1) is 19.2 Å². The molecule has 0 radical (unpaired) electrons. The number of aromatic amines is 1. The fourth-order valence-electron chi connectivity index (χ4n) is 1.09. The van der Waals surface area contributed by atoms with Crippen molar-refractivity contribution in [1.82, 2.24) is 10.3 Å². The quantitative estimate of drug-likeness (QED) is 0.830. The number of nitrogens with one attached hydrogen (secondary N) is 2. The van der Waals surface area contributed by atoms with Gasteiger partial charge < -0.3 is 15.0 Å². The molecule has 0 saturated carbocycles. The standard InChI is InChI=1S/C9H11FN2O3.2C2H6/c1-5(13)11-4-6-7(14)3-8(10)12-9(6)15-2;2*1-2/h3H,4H2,1-2H3,(H,11,13)(H,12,14);2*1-2H3. The first-order valence-electron chi connectivity index (χ1n) is 6.24. The Balaban J connectivity index is 0. The minimum atomic E-state index is -0.775. The molecule has 1 aromatic rings. The lowest BCUT2D eigenvalue weighted by atomic mass is 10.2. The summed E-state index contributed by atoms with van der Waals surface area (Å²) >= 11 is 0. The second kappa shape index (κ2) is 11.3. The van der Waals surface area contributed by atoms with Crippen molar-refractivity contribution in [2.75, 3.05) is 7.11 Å². The van der Waals surface area contributed by atoms with Crippen LogP contribution in [0.4, 0.5) is 4.39 Å². The van der Waals surface area contributed by atoms with Crippen LogP contribution in [0.2, 0.25) is 0 Å². The van der Waals surface area contributed by atoms with Crippen molar-refractivity contribution >= 4 is 5.91 Å². The van der Waals surface area contributed by atoms with Crippen molar-refractivity contribution in [1.29, 1.82) is 0 Å². The molecular weight excluding hydrogens is 251 g/mol. The molecule has 0 aliphatic rings. The van der Waals surface area contributed by atoms with Gasteiger partial charge >= 0.3 is 0 Å². The summed E-state index contributed by atoms with van der Waals surface area (Å²) in [6.07, 6.45) is 0. The second-order valence-corrected chi connectivity index (χ2v) is 2.90. The molecule has 1 amide bonds. The summed E-state index contributed by atoms with van der Waals surface area (Å²) in [6.45, 7) is 9.33. The van der Waals surface area contributed by atoms with Crippen molar-refractivity contribution in [3.63, 3.8) is 0 Å². The summed E-state index contributed by atoms with van der Waals surface area (Å²) in [5.41, 5.74) is -0.328. The van der Waals surface area contributed by atoms with Gasteiger partial charge in [-0.3, -0.25) is 9.59 Å². The highest BCUT2D eigenvalue weighted by Gasteiger charge is 2.10. The number of carbonyl (C=O) groups is 1. The van der Waals surface area contributed by atoms with Crippen LogP contribution >= 0.6 is 0 Å². The molecule has 1 heterocycles. The topological polar surface area (TPSA) is 71.2 Å². The van der Waals surface area contributed by atoms with E-state index in [1.54, 1.807) is 0 Å². The number of hydrogen-bond donors (Lipinski definition) is 2. The van der Waals surface area contributed by atoms with Crippen LogP contribution in [0, 0.1) is 5.95 Å². The van der Waals surface area contributed by atoms with Crippen LogP contribution in [-0.4, -0.2) is 18.0 Å². The van der Waals surface area contributed by atoms with Gasteiger partial charge in [-0.05, 0) is 0 Å². The molecule has 1 aromatic heterocycles. The van der Waals surface area contributed by atoms with Crippen LogP contribution in [0.15, 0.2) is 10.9 Å². The van der Waals surface area contributed by atoms with Gasteiger partial charge in [-0.15, -0.1) is 0 Å². The van der Waals surface area contributed by atoms with Gasteiger partial charge in [-0.25, -0.2) is 0 Å². The molecule has 6 heteroatoms. The van der Waals surface area contributed by atoms with Crippen LogP contribution in [0.5, 0.6) is 5.88 Å². The number of aromatic nitrogens is 1. The van der Waals surface area contributed by atoms with E-state index in [9.17, 15) is 14.0 Å². The Morgan fingerprint density at radius 1 is 1.37 bits per heavy atom. The lowest BCUT2D eigenvalue weighted by Crippen LogP contribution is -2.24. The zero-order valence-corrected chi connectivity index (χ0v) is 12.4. The monoisotopic (exact) mass is 274 g/mol. The lowest BCUT2D eigenvalue weighted by Gasteiger charge is -2.07. The molecular formula is C13H23FN2O3. The number of hydrogen-bond acceptors (Lipinski definition) is 3. The zero-order valence-electron chi connectivity index (χ0n) is 12.4. The van der Waals surface area contributed by atoms with Gasteiger partial charge in [0.1, 0.15) is 0 Å². The fraction of sp³-hybridized carbons (Fsp3) is 0.538. The Labute approximate surface area is 113 Å². The highest BCUT2D eigenvalue weighted by atomic mass is 19.1. The molecule has 19 heavy (non-hydrogen) atoms. The molecule has 1 rings (SSSR count). The number of halogens is 1. The molecule has 0 spiro atoms. The Bertz CT molecular complexity index is 430. The lowest BCUT2D eigenvalue weighted by molar-refractivity contribution is -0.119. The summed E-state index contributed by atoms with van der Waals surface area (Å²) in [5, 5.41) is 2.44. The average molecular weight is 274 g/mol. The number of rotatable bonds is 3. The molecule has 0 aromatic carbocycles. The molecule has 110 valence electrons. The molecule has 0 unspecified atom stereocenters. The largest absolute Gasteiger partial charge is 0.482 e. The summed E-state index contributed by atoms with van der Waals surface area (Å²) in [7, 11) is 1.31. The van der Waals surface area contributed by atoms with E-state index in [0.717, 1.165) is 6.07 Å². The maximum absolute atomic E-state index is 12.8. The van der Waals surface area contributed by atoms with Gasteiger partial charge in [0.2, 0.25) is 11.8 Å². The fourth-order valence-corrected chi connectivity index (χ4v) is 1.09. The smallest absolute Gasteiger partial charge is 0.217 e. The van der Waals surface area contributed by atoms with E-state index in [2.05, 4.69) is 10.3 Å². The van der Waals surface area contributed by atoms with Crippen molar-refractivity contribution in [3.8, 4) is 5.88 Å². The summed E-state index contributed by atoms with van der Waals surface area (Å²) in [4.78, 5) is 24.2. The maximum Gasteiger partial charge on any atom is 0.217 e. The third-order valence-corrected chi connectivity index (χ3v) is 1.78. The van der Waals surface area contributed by atoms with E-state index in [1.165, 1.54) is 14.0 Å². The highest BCUT2D eigenvalue weighted by molar-refractivity contribution is 5.72. The number of amides is 1. The minimum Gasteiger partial charge on any atom is -0.482 e. The molecule has 0 aliphatic heterocycles. The summed E-state index contributed by atoms with van der Waals surface area (Å²) in [6, 6.07) is 0.805.